The van der Waals surface area contributed by atoms with Gasteiger partial charge in [-0.3, -0.25) is 4.79 Å². The maximum Gasteiger partial charge on any atom is 0.223 e. The number of aromatic nitrogens is 2. The zero-order valence-corrected chi connectivity index (χ0v) is 15.1. The monoisotopic (exact) mass is 319 g/mol. The summed E-state index contributed by atoms with van der Waals surface area (Å²) in [4.78, 5) is 17.4. The highest BCUT2D eigenvalue weighted by molar-refractivity contribution is 6.76. The molecule has 2 rings (SSSR count). The lowest BCUT2D eigenvalue weighted by Crippen LogP contribution is -2.22. The smallest absolute Gasteiger partial charge is 0.223 e. The van der Waals surface area contributed by atoms with Gasteiger partial charge in [0.1, 0.15) is 6.73 Å². The van der Waals surface area contributed by atoms with Gasteiger partial charge in [-0.2, -0.15) is 0 Å². The van der Waals surface area contributed by atoms with Crippen molar-refractivity contribution in [1.82, 2.24) is 9.55 Å². The lowest BCUT2D eigenvalue weighted by Gasteiger charge is -2.16. The molecule has 0 atom stereocenters. The van der Waals surface area contributed by atoms with Gasteiger partial charge in [0.2, 0.25) is 5.91 Å². The second-order valence-corrected chi connectivity index (χ2v) is 12.4. The van der Waals surface area contributed by atoms with Gasteiger partial charge >= 0.3 is 0 Å². The second kappa shape index (κ2) is 6.62. The lowest BCUT2D eigenvalue weighted by molar-refractivity contribution is -0.116. The highest BCUT2D eigenvalue weighted by Crippen LogP contribution is 2.21. The molecule has 0 unspecified atom stereocenters. The summed E-state index contributed by atoms with van der Waals surface area (Å²) in [6.07, 6.45) is 1.79. The normalized spacial score (nSPS) is 11.9. The summed E-state index contributed by atoms with van der Waals surface area (Å²) in [5, 5.41) is 0. The van der Waals surface area contributed by atoms with E-state index >= 15 is 0 Å². The van der Waals surface area contributed by atoms with Crippen molar-refractivity contribution in [2.24, 2.45) is 0 Å². The van der Waals surface area contributed by atoms with Gasteiger partial charge in [0.15, 0.2) is 0 Å². The molecule has 120 valence electrons. The van der Waals surface area contributed by atoms with E-state index in [1.807, 2.05) is 22.8 Å². The molecule has 22 heavy (non-hydrogen) atoms. The standard InChI is InChI=1S/C16H25N3O2Si/c1-13(20)18(2)14-6-7-16-15(10-14)17-11-19(16)12-21-8-9-22(3,4)5/h6-7,10-11H,8-9,12H2,1-5H3. The molecule has 1 aromatic heterocycles. The van der Waals surface area contributed by atoms with Crippen LogP contribution >= 0.6 is 0 Å². The molecule has 0 saturated heterocycles. The van der Waals surface area contributed by atoms with Crippen LogP contribution < -0.4 is 4.90 Å². The Kier molecular flexibility index (Phi) is 5.03. The van der Waals surface area contributed by atoms with Crippen LogP contribution in [0.15, 0.2) is 24.5 Å². The zero-order valence-electron chi connectivity index (χ0n) is 14.1. The second-order valence-electron chi connectivity index (χ2n) is 6.81. The van der Waals surface area contributed by atoms with Crippen LogP contribution in [-0.2, 0) is 16.3 Å². The van der Waals surface area contributed by atoms with Crippen LogP contribution in [0.5, 0.6) is 0 Å². The van der Waals surface area contributed by atoms with E-state index in [0.717, 1.165) is 29.4 Å². The summed E-state index contributed by atoms with van der Waals surface area (Å²) >= 11 is 0. The number of carbonyl (C=O) groups excluding carboxylic acids is 1. The molecule has 5 nitrogen and oxygen atoms in total. The van der Waals surface area contributed by atoms with Crippen LogP contribution in [0.2, 0.25) is 25.7 Å². The van der Waals surface area contributed by atoms with E-state index in [2.05, 4.69) is 24.6 Å². The molecule has 2 aromatic rings. The van der Waals surface area contributed by atoms with Crippen molar-refractivity contribution in [3.63, 3.8) is 0 Å². The molecule has 1 heterocycles. The molecule has 0 aliphatic heterocycles. The number of nitrogens with zero attached hydrogens (tertiary/aromatic N) is 3. The maximum atomic E-state index is 11.4. The molecule has 0 spiro atoms. The molecule has 6 heteroatoms. The fourth-order valence-electron chi connectivity index (χ4n) is 2.09. The van der Waals surface area contributed by atoms with Crippen LogP contribution in [0.4, 0.5) is 5.69 Å². The first kappa shape index (κ1) is 16.7. The Morgan fingerprint density at radius 3 is 2.73 bits per heavy atom. The minimum absolute atomic E-state index is 0.00784. The van der Waals surface area contributed by atoms with E-state index in [1.165, 1.54) is 0 Å². The number of imidazole rings is 1. The van der Waals surface area contributed by atoms with Crippen molar-refractivity contribution in [1.29, 1.82) is 0 Å². The predicted octanol–water partition coefficient (Wildman–Crippen LogP) is 3.33. The summed E-state index contributed by atoms with van der Waals surface area (Å²) in [5.74, 6) is 0.00784. The number of ether oxygens (including phenoxy) is 1. The minimum atomic E-state index is -1.05. The van der Waals surface area contributed by atoms with Gasteiger partial charge in [0, 0.05) is 34.3 Å². The van der Waals surface area contributed by atoms with Gasteiger partial charge in [-0.25, -0.2) is 4.98 Å². The Bertz CT molecular complexity index is 661. The summed E-state index contributed by atoms with van der Waals surface area (Å²) in [6, 6.07) is 7.01. The molecule has 0 radical (unpaired) electrons. The van der Waals surface area contributed by atoms with E-state index < -0.39 is 8.07 Å². The number of hydrogen-bond donors (Lipinski definition) is 0. The van der Waals surface area contributed by atoms with Crippen LogP contribution in [0.3, 0.4) is 0 Å². The summed E-state index contributed by atoms with van der Waals surface area (Å²) in [6.45, 7) is 9.89. The van der Waals surface area contributed by atoms with Crippen LogP contribution in [0.25, 0.3) is 11.0 Å². The van der Waals surface area contributed by atoms with Gasteiger partial charge in [-0.15, -0.1) is 0 Å². The van der Waals surface area contributed by atoms with E-state index in [9.17, 15) is 4.79 Å². The summed E-state index contributed by atoms with van der Waals surface area (Å²) in [7, 11) is 0.713. The molecule has 0 aliphatic carbocycles. The van der Waals surface area contributed by atoms with Crippen molar-refractivity contribution in [3.8, 4) is 0 Å². The van der Waals surface area contributed by atoms with Gasteiger partial charge in [0.05, 0.1) is 17.4 Å². The number of rotatable bonds is 6. The van der Waals surface area contributed by atoms with Crippen LogP contribution in [-0.4, -0.2) is 37.2 Å². The molecule has 0 fully saturated rings. The SMILES string of the molecule is CC(=O)N(C)c1ccc2c(c1)ncn2COCC[Si](C)(C)C. The summed E-state index contributed by atoms with van der Waals surface area (Å²) < 4.78 is 7.77. The van der Waals surface area contributed by atoms with Gasteiger partial charge in [0.25, 0.3) is 0 Å². The van der Waals surface area contributed by atoms with Crippen LogP contribution in [0.1, 0.15) is 6.92 Å². The molecule has 1 aromatic carbocycles. The number of anilines is 1. The first-order chi connectivity index (χ1) is 10.3. The Morgan fingerprint density at radius 2 is 2.09 bits per heavy atom. The molecule has 1 amide bonds. The topological polar surface area (TPSA) is 47.4 Å². The third-order valence-corrected chi connectivity index (χ3v) is 5.40. The number of fused-ring (bicyclic) bond motifs is 1. The van der Waals surface area contributed by atoms with Crippen molar-refractivity contribution < 1.29 is 9.53 Å². The molecule has 0 bridgehead atoms. The molecular formula is C16H25N3O2Si. The van der Waals surface area contributed by atoms with Crippen molar-refractivity contribution in [3.05, 3.63) is 24.5 Å². The molecular weight excluding hydrogens is 294 g/mol. The van der Waals surface area contributed by atoms with Crippen LogP contribution in [0, 0.1) is 0 Å². The Hall–Kier alpha value is -1.66. The average molecular weight is 319 g/mol. The minimum Gasteiger partial charge on any atom is -0.361 e. The van der Waals surface area contributed by atoms with Gasteiger partial charge in [-0.1, -0.05) is 19.6 Å². The maximum absolute atomic E-state index is 11.4. The molecule has 0 aliphatic rings. The predicted molar refractivity (Wildman–Crippen MR) is 92.9 cm³/mol. The quantitative estimate of drug-likeness (QED) is 0.606. The van der Waals surface area contributed by atoms with Crippen molar-refractivity contribution in [2.75, 3.05) is 18.6 Å². The van der Waals surface area contributed by atoms with E-state index in [-0.39, 0.29) is 5.91 Å². The average Bonchev–Trinajstić information content (AvgIpc) is 2.84. The fourth-order valence-corrected chi connectivity index (χ4v) is 2.84. The number of hydrogen-bond acceptors (Lipinski definition) is 3. The summed E-state index contributed by atoms with van der Waals surface area (Å²) in [5.41, 5.74) is 2.75. The molecule has 0 N–H and O–H groups in total. The number of amides is 1. The molecule has 0 saturated carbocycles. The largest absolute Gasteiger partial charge is 0.361 e. The van der Waals surface area contributed by atoms with E-state index in [0.29, 0.717) is 6.73 Å². The number of carbonyl (C=O) groups is 1. The van der Waals surface area contributed by atoms with E-state index in [1.54, 1.807) is 25.2 Å². The van der Waals surface area contributed by atoms with Gasteiger partial charge in [-0.05, 0) is 24.2 Å². The third kappa shape index (κ3) is 4.17. The Labute approximate surface area is 132 Å². The highest BCUT2D eigenvalue weighted by Gasteiger charge is 2.12. The first-order valence-corrected chi connectivity index (χ1v) is 11.3. The number of benzene rings is 1. The zero-order chi connectivity index (χ0) is 16.3. The Balaban J connectivity index is 2.05. The van der Waals surface area contributed by atoms with Crippen molar-refractivity contribution in [2.45, 2.75) is 39.3 Å². The van der Waals surface area contributed by atoms with E-state index in [4.69, 9.17) is 4.74 Å². The van der Waals surface area contributed by atoms with Crippen molar-refractivity contribution >= 4 is 30.7 Å². The lowest BCUT2D eigenvalue weighted by atomic mass is 10.2. The third-order valence-electron chi connectivity index (χ3n) is 3.69. The fraction of sp³-hybridized carbons (Fsp3) is 0.500. The Morgan fingerprint density at radius 1 is 1.36 bits per heavy atom. The van der Waals surface area contributed by atoms with Gasteiger partial charge < -0.3 is 14.2 Å². The first-order valence-electron chi connectivity index (χ1n) is 7.55. The highest BCUT2D eigenvalue weighted by atomic mass is 28.3.